The molecular formula is C14H17BrN2O2. The molecule has 0 bridgehead atoms. The highest BCUT2D eigenvalue weighted by Gasteiger charge is 2.16. The fourth-order valence-electron chi connectivity index (χ4n) is 1.77. The van der Waals surface area contributed by atoms with Crippen LogP contribution < -0.4 is 5.43 Å². The maximum Gasteiger partial charge on any atom is 0.426 e. The molecule has 102 valence electrons. The van der Waals surface area contributed by atoms with Crippen molar-refractivity contribution in [2.75, 3.05) is 5.43 Å². The van der Waals surface area contributed by atoms with Crippen LogP contribution in [0.4, 0.5) is 4.79 Å². The third-order valence-electron chi connectivity index (χ3n) is 2.52. The predicted molar refractivity (Wildman–Crippen MR) is 80.2 cm³/mol. The molecule has 1 aromatic heterocycles. The van der Waals surface area contributed by atoms with E-state index in [2.05, 4.69) is 27.4 Å². The van der Waals surface area contributed by atoms with E-state index in [1.54, 1.807) is 4.68 Å². The van der Waals surface area contributed by atoms with Crippen LogP contribution >= 0.6 is 15.9 Å². The summed E-state index contributed by atoms with van der Waals surface area (Å²) in [6, 6.07) is 8.03. The molecule has 1 aromatic carbocycles. The lowest BCUT2D eigenvalue weighted by molar-refractivity contribution is 0.0614. The molecule has 0 atom stereocenters. The molecule has 19 heavy (non-hydrogen) atoms. The maximum atomic E-state index is 11.7. The predicted octanol–water partition coefficient (Wildman–Crippen LogP) is 4.01. The molecule has 0 fully saturated rings. The van der Waals surface area contributed by atoms with Gasteiger partial charge in [-0.2, -0.15) is 0 Å². The lowest BCUT2D eigenvalue weighted by Gasteiger charge is -2.20. The highest BCUT2D eigenvalue weighted by Crippen LogP contribution is 2.18. The number of carbonyl (C=O) groups excluding carboxylic acids is 1. The quantitative estimate of drug-likeness (QED) is 0.848. The summed E-state index contributed by atoms with van der Waals surface area (Å²) in [5, 5.41) is 1.89. The van der Waals surface area contributed by atoms with Gasteiger partial charge in [0.25, 0.3) is 0 Å². The first-order chi connectivity index (χ1) is 8.89. The number of hydrogen-bond donors (Lipinski definition) is 1. The minimum Gasteiger partial charge on any atom is -0.443 e. The molecule has 1 heterocycles. The fourth-order valence-corrected chi connectivity index (χ4v) is 2.12. The van der Waals surface area contributed by atoms with E-state index in [0.717, 1.165) is 16.2 Å². The first kappa shape index (κ1) is 13.9. The fraction of sp³-hybridized carbons (Fsp3) is 0.357. The van der Waals surface area contributed by atoms with Crippen LogP contribution in [0.3, 0.4) is 0 Å². The number of halogens is 1. The van der Waals surface area contributed by atoms with Crippen molar-refractivity contribution in [3.63, 3.8) is 0 Å². The molecule has 0 unspecified atom stereocenters. The molecule has 2 aromatic rings. The summed E-state index contributed by atoms with van der Waals surface area (Å²) in [5.74, 6) is 0. The number of rotatable bonds is 2. The van der Waals surface area contributed by atoms with Gasteiger partial charge in [-0.05, 0) is 44.5 Å². The summed E-state index contributed by atoms with van der Waals surface area (Å²) < 4.78 is 6.89. The Morgan fingerprint density at radius 1 is 1.37 bits per heavy atom. The Balaban J connectivity index is 2.20. The number of benzene rings is 1. The van der Waals surface area contributed by atoms with Gasteiger partial charge in [-0.25, -0.2) is 10.2 Å². The van der Waals surface area contributed by atoms with Crippen LogP contribution in [-0.2, 0) is 10.1 Å². The van der Waals surface area contributed by atoms with E-state index in [4.69, 9.17) is 4.74 Å². The van der Waals surface area contributed by atoms with Gasteiger partial charge in [-0.1, -0.05) is 22.0 Å². The zero-order valence-corrected chi connectivity index (χ0v) is 12.8. The molecule has 0 spiro atoms. The summed E-state index contributed by atoms with van der Waals surface area (Å²) in [4.78, 5) is 11.7. The van der Waals surface area contributed by atoms with E-state index < -0.39 is 11.7 Å². The summed E-state index contributed by atoms with van der Waals surface area (Å²) in [6.07, 6.45) is 1.35. The Labute approximate surface area is 120 Å². The van der Waals surface area contributed by atoms with E-state index >= 15 is 0 Å². The van der Waals surface area contributed by atoms with Crippen molar-refractivity contribution < 1.29 is 9.53 Å². The lowest BCUT2D eigenvalue weighted by Crippen LogP contribution is -2.31. The van der Waals surface area contributed by atoms with Gasteiger partial charge in [-0.3, -0.25) is 4.68 Å². The van der Waals surface area contributed by atoms with Crippen molar-refractivity contribution in [1.82, 2.24) is 4.68 Å². The number of ether oxygens (including phenoxy) is 1. The van der Waals surface area contributed by atoms with Gasteiger partial charge >= 0.3 is 6.09 Å². The monoisotopic (exact) mass is 324 g/mol. The van der Waals surface area contributed by atoms with E-state index in [0.29, 0.717) is 0 Å². The molecule has 1 amide bonds. The smallest absolute Gasteiger partial charge is 0.426 e. The zero-order valence-electron chi connectivity index (χ0n) is 11.2. The van der Waals surface area contributed by atoms with Crippen LogP contribution in [0.15, 0.2) is 30.5 Å². The van der Waals surface area contributed by atoms with E-state index in [-0.39, 0.29) is 0 Å². The number of nitrogens with zero attached hydrogens (tertiary/aromatic N) is 1. The third-order valence-corrected chi connectivity index (χ3v) is 3.17. The zero-order chi connectivity index (χ0) is 14.0. The number of fused-ring (bicyclic) bond motifs is 1. The Bertz CT molecular complexity index is 599. The average molecular weight is 325 g/mol. The van der Waals surface area contributed by atoms with E-state index in [9.17, 15) is 4.79 Å². The van der Waals surface area contributed by atoms with E-state index in [1.165, 1.54) is 5.56 Å². The Hall–Kier alpha value is -1.49. The number of nitrogens with one attached hydrogen (secondary N) is 1. The van der Waals surface area contributed by atoms with Crippen LogP contribution in [0, 0.1) is 0 Å². The van der Waals surface area contributed by atoms with Crippen molar-refractivity contribution in [2.45, 2.75) is 31.7 Å². The molecule has 4 nitrogen and oxygen atoms in total. The summed E-state index contributed by atoms with van der Waals surface area (Å²) in [5.41, 5.74) is 4.34. The molecular weight excluding hydrogens is 308 g/mol. The molecule has 0 saturated heterocycles. The Morgan fingerprint density at radius 2 is 2.11 bits per heavy atom. The largest absolute Gasteiger partial charge is 0.443 e. The number of amides is 1. The number of hydrogen-bond acceptors (Lipinski definition) is 2. The topological polar surface area (TPSA) is 43.3 Å². The molecule has 0 aliphatic rings. The van der Waals surface area contributed by atoms with E-state index in [1.807, 2.05) is 45.2 Å². The average Bonchev–Trinajstić information content (AvgIpc) is 2.69. The normalized spacial score (nSPS) is 11.6. The van der Waals surface area contributed by atoms with Crippen LogP contribution in [0.2, 0.25) is 0 Å². The molecule has 0 saturated carbocycles. The first-order valence-electron chi connectivity index (χ1n) is 6.05. The van der Waals surface area contributed by atoms with Crippen molar-refractivity contribution in [1.29, 1.82) is 0 Å². The van der Waals surface area contributed by atoms with Gasteiger partial charge in [0, 0.05) is 16.9 Å². The van der Waals surface area contributed by atoms with Gasteiger partial charge in [0.2, 0.25) is 0 Å². The standard InChI is InChI=1S/C14H17BrN2O2/c1-14(2,3)19-13(18)16-17-7-6-11-8-10(9-15)4-5-12(11)17/h4-8H,9H2,1-3H3,(H,16,18). The van der Waals surface area contributed by atoms with Crippen molar-refractivity contribution in [3.05, 3.63) is 36.0 Å². The third kappa shape index (κ3) is 3.50. The van der Waals surface area contributed by atoms with Crippen LogP contribution in [0.25, 0.3) is 10.9 Å². The second kappa shape index (κ2) is 5.25. The highest BCUT2D eigenvalue weighted by atomic mass is 79.9. The maximum absolute atomic E-state index is 11.7. The van der Waals surface area contributed by atoms with Gasteiger partial charge < -0.3 is 4.74 Å². The van der Waals surface area contributed by atoms with Gasteiger partial charge in [0.1, 0.15) is 5.60 Å². The highest BCUT2D eigenvalue weighted by molar-refractivity contribution is 9.08. The molecule has 0 aliphatic heterocycles. The molecule has 1 N–H and O–H groups in total. The SMILES string of the molecule is CC(C)(C)OC(=O)Nn1ccc2cc(CBr)ccc21. The minimum atomic E-state index is -0.504. The molecule has 2 rings (SSSR count). The molecule has 0 aliphatic carbocycles. The summed E-state index contributed by atoms with van der Waals surface area (Å²) in [6.45, 7) is 5.51. The number of aromatic nitrogens is 1. The number of carbonyl (C=O) groups is 1. The minimum absolute atomic E-state index is 0.463. The van der Waals surface area contributed by atoms with Crippen LogP contribution in [0.1, 0.15) is 26.3 Å². The van der Waals surface area contributed by atoms with Crippen molar-refractivity contribution >= 4 is 32.9 Å². The van der Waals surface area contributed by atoms with Crippen molar-refractivity contribution in [2.24, 2.45) is 0 Å². The second-order valence-electron chi connectivity index (χ2n) is 5.33. The molecule has 0 radical (unpaired) electrons. The summed E-state index contributed by atoms with van der Waals surface area (Å²) >= 11 is 3.43. The van der Waals surface area contributed by atoms with Gasteiger partial charge in [-0.15, -0.1) is 0 Å². The first-order valence-corrected chi connectivity index (χ1v) is 7.17. The van der Waals surface area contributed by atoms with Crippen molar-refractivity contribution in [3.8, 4) is 0 Å². The van der Waals surface area contributed by atoms with Crippen LogP contribution in [0.5, 0.6) is 0 Å². The second-order valence-corrected chi connectivity index (χ2v) is 5.89. The molecule has 5 heteroatoms. The Kier molecular flexibility index (Phi) is 3.85. The van der Waals surface area contributed by atoms with Gasteiger partial charge in [0.05, 0.1) is 5.52 Å². The van der Waals surface area contributed by atoms with Crippen LogP contribution in [-0.4, -0.2) is 16.4 Å². The van der Waals surface area contributed by atoms with Gasteiger partial charge in [0.15, 0.2) is 0 Å². The summed E-state index contributed by atoms with van der Waals surface area (Å²) in [7, 11) is 0. The Morgan fingerprint density at radius 3 is 2.74 bits per heavy atom. The lowest BCUT2D eigenvalue weighted by atomic mass is 10.2. The number of alkyl halides is 1.